The predicted octanol–water partition coefficient (Wildman–Crippen LogP) is 4.01. The number of hydrogen-bond donors (Lipinski definition) is 1. The van der Waals surface area contributed by atoms with Crippen molar-refractivity contribution in [3.63, 3.8) is 0 Å². The molecule has 132 valence electrons. The highest BCUT2D eigenvalue weighted by atomic mass is 35.5. The molecule has 8 heteroatoms. The van der Waals surface area contributed by atoms with Gasteiger partial charge in [-0.15, -0.1) is 11.3 Å². The van der Waals surface area contributed by atoms with E-state index < -0.39 is 6.04 Å². The van der Waals surface area contributed by atoms with Crippen LogP contribution in [0.4, 0.5) is 5.69 Å². The molecule has 1 fully saturated rings. The molecule has 3 rings (SSSR count). The minimum atomic E-state index is -0.477. The van der Waals surface area contributed by atoms with Gasteiger partial charge in [0.15, 0.2) is 0 Å². The molecule has 1 atom stereocenters. The summed E-state index contributed by atoms with van der Waals surface area (Å²) in [4.78, 5) is 31.1. The molecule has 5 nitrogen and oxygen atoms in total. The van der Waals surface area contributed by atoms with E-state index >= 15 is 0 Å². The number of anilines is 1. The van der Waals surface area contributed by atoms with Gasteiger partial charge >= 0.3 is 0 Å². The summed E-state index contributed by atoms with van der Waals surface area (Å²) in [6.45, 7) is 0.586. The van der Waals surface area contributed by atoms with Crippen LogP contribution in [0.15, 0.2) is 29.1 Å². The predicted molar refractivity (Wildman–Crippen MR) is 100 cm³/mol. The molecule has 0 bridgehead atoms. The van der Waals surface area contributed by atoms with Gasteiger partial charge in [0.05, 0.1) is 27.7 Å². The summed E-state index contributed by atoms with van der Waals surface area (Å²) in [5.74, 6) is -0.274. The average Bonchev–Trinajstić information content (AvgIpc) is 3.11. The second-order valence-electron chi connectivity index (χ2n) is 5.87. The third kappa shape index (κ3) is 4.51. The van der Waals surface area contributed by atoms with Gasteiger partial charge in [0.2, 0.25) is 11.8 Å². The van der Waals surface area contributed by atoms with Crippen molar-refractivity contribution in [2.45, 2.75) is 31.7 Å². The lowest BCUT2D eigenvalue weighted by Gasteiger charge is -2.34. The molecule has 2 heterocycles. The smallest absolute Gasteiger partial charge is 0.247 e. The summed E-state index contributed by atoms with van der Waals surface area (Å²) in [6, 6.07) is 4.45. The Kier molecular flexibility index (Phi) is 5.93. The molecule has 1 aromatic carbocycles. The van der Waals surface area contributed by atoms with Crippen molar-refractivity contribution in [3.8, 4) is 0 Å². The van der Waals surface area contributed by atoms with Crippen molar-refractivity contribution in [3.05, 3.63) is 44.8 Å². The van der Waals surface area contributed by atoms with E-state index in [4.69, 9.17) is 23.2 Å². The van der Waals surface area contributed by atoms with E-state index in [1.807, 2.05) is 5.38 Å². The highest BCUT2D eigenvalue weighted by molar-refractivity contribution is 7.07. The molecule has 2 aromatic rings. The van der Waals surface area contributed by atoms with Gasteiger partial charge in [0.1, 0.15) is 6.04 Å². The van der Waals surface area contributed by atoms with Gasteiger partial charge in [-0.3, -0.25) is 9.59 Å². The third-order valence-corrected chi connectivity index (χ3v) is 5.50. The zero-order valence-electron chi connectivity index (χ0n) is 13.4. The quantitative estimate of drug-likeness (QED) is 0.847. The van der Waals surface area contributed by atoms with Crippen molar-refractivity contribution in [1.82, 2.24) is 9.88 Å². The first-order valence-electron chi connectivity index (χ1n) is 7.97. The Morgan fingerprint density at radius 3 is 2.84 bits per heavy atom. The number of benzene rings is 1. The Labute approximate surface area is 160 Å². The number of piperidine rings is 1. The molecule has 0 radical (unpaired) electrons. The molecular weight excluding hydrogens is 381 g/mol. The number of hydrogen-bond acceptors (Lipinski definition) is 4. The lowest BCUT2D eigenvalue weighted by Crippen LogP contribution is -2.50. The Balaban J connectivity index is 1.69. The lowest BCUT2D eigenvalue weighted by molar-refractivity contribution is -0.139. The van der Waals surface area contributed by atoms with Gasteiger partial charge in [-0.2, -0.15) is 0 Å². The van der Waals surface area contributed by atoms with Crippen LogP contribution < -0.4 is 5.32 Å². The SMILES string of the molecule is O=C(Nc1ccc(Cl)c(Cl)c1)C1CCCCN1C(=O)Cc1cscn1. The van der Waals surface area contributed by atoms with Crippen molar-refractivity contribution in [2.24, 2.45) is 0 Å². The molecule has 0 aliphatic carbocycles. The topological polar surface area (TPSA) is 62.3 Å². The fourth-order valence-corrected chi connectivity index (χ4v) is 3.74. The zero-order valence-corrected chi connectivity index (χ0v) is 15.7. The first-order valence-corrected chi connectivity index (χ1v) is 9.67. The van der Waals surface area contributed by atoms with Crippen LogP contribution in [0.5, 0.6) is 0 Å². The summed E-state index contributed by atoms with van der Waals surface area (Å²) >= 11 is 13.3. The van der Waals surface area contributed by atoms with Gasteiger partial charge in [-0.25, -0.2) is 4.98 Å². The van der Waals surface area contributed by atoms with E-state index in [2.05, 4.69) is 10.3 Å². The molecule has 1 aromatic heterocycles. The molecule has 0 saturated carbocycles. The fourth-order valence-electron chi connectivity index (χ4n) is 2.88. The molecule has 2 amide bonds. The summed E-state index contributed by atoms with van der Waals surface area (Å²) in [7, 11) is 0. The van der Waals surface area contributed by atoms with Crippen molar-refractivity contribution in [2.75, 3.05) is 11.9 Å². The van der Waals surface area contributed by atoms with Gasteiger partial charge in [-0.1, -0.05) is 23.2 Å². The normalized spacial score (nSPS) is 17.4. The number of aromatic nitrogens is 1. The van der Waals surface area contributed by atoms with Crippen LogP contribution in [0.1, 0.15) is 25.0 Å². The van der Waals surface area contributed by atoms with Crippen molar-refractivity contribution >= 4 is 52.0 Å². The van der Waals surface area contributed by atoms with Gasteiger partial charge < -0.3 is 10.2 Å². The van der Waals surface area contributed by atoms with Crippen LogP contribution in [-0.2, 0) is 16.0 Å². The van der Waals surface area contributed by atoms with Gasteiger partial charge in [-0.05, 0) is 37.5 Å². The molecule has 0 spiro atoms. The maximum absolute atomic E-state index is 12.7. The van der Waals surface area contributed by atoms with E-state index in [9.17, 15) is 9.59 Å². The van der Waals surface area contributed by atoms with Gasteiger partial charge in [0, 0.05) is 17.6 Å². The second kappa shape index (κ2) is 8.17. The molecule has 1 aliphatic heterocycles. The van der Waals surface area contributed by atoms with Crippen molar-refractivity contribution in [1.29, 1.82) is 0 Å². The summed E-state index contributed by atoms with van der Waals surface area (Å²) in [6.07, 6.45) is 2.69. The van der Waals surface area contributed by atoms with Crippen molar-refractivity contribution < 1.29 is 9.59 Å². The number of nitrogens with zero attached hydrogens (tertiary/aromatic N) is 2. The average molecular weight is 398 g/mol. The Morgan fingerprint density at radius 1 is 1.28 bits per heavy atom. The van der Waals surface area contributed by atoms with E-state index in [0.717, 1.165) is 18.5 Å². The van der Waals surface area contributed by atoms with Crippen LogP contribution in [0.25, 0.3) is 0 Å². The Bertz CT molecular complexity index is 767. The molecular formula is C17H17Cl2N3O2S. The molecule has 25 heavy (non-hydrogen) atoms. The minimum absolute atomic E-state index is 0.0695. The molecule has 1 unspecified atom stereocenters. The number of nitrogens with one attached hydrogen (secondary N) is 1. The Morgan fingerprint density at radius 2 is 2.12 bits per heavy atom. The number of amides is 2. The highest BCUT2D eigenvalue weighted by Crippen LogP contribution is 2.26. The number of thiazole rings is 1. The first kappa shape index (κ1) is 18.2. The zero-order chi connectivity index (χ0) is 17.8. The lowest BCUT2D eigenvalue weighted by atomic mass is 10.0. The molecule has 1 N–H and O–H groups in total. The maximum Gasteiger partial charge on any atom is 0.247 e. The van der Waals surface area contributed by atoms with E-state index in [-0.39, 0.29) is 18.2 Å². The van der Waals surface area contributed by atoms with Crippen LogP contribution in [0, 0.1) is 0 Å². The number of halogens is 2. The highest BCUT2D eigenvalue weighted by Gasteiger charge is 2.32. The number of carbonyl (C=O) groups is 2. The second-order valence-corrected chi connectivity index (χ2v) is 7.41. The summed E-state index contributed by atoms with van der Waals surface area (Å²) < 4.78 is 0. The monoisotopic (exact) mass is 397 g/mol. The Hall–Kier alpha value is -1.63. The molecule has 1 saturated heterocycles. The number of likely N-dealkylation sites (tertiary alicyclic amines) is 1. The first-order chi connectivity index (χ1) is 12.0. The largest absolute Gasteiger partial charge is 0.330 e. The summed E-state index contributed by atoms with van der Waals surface area (Å²) in [5, 5.41) is 5.49. The third-order valence-electron chi connectivity index (χ3n) is 4.13. The number of carbonyl (C=O) groups excluding carboxylic acids is 2. The standard InChI is InChI=1S/C17H17Cl2N3O2S/c18-13-5-4-11(7-14(13)19)21-17(24)15-3-1-2-6-22(15)16(23)8-12-9-25-10-20-12/h4-5,7,9-10,15H,1-3,6,8H2,(H,21,24). The van der Waals surface area contributed by atoms with Gasteiger partial charge in [0.25, 0.3) is 0 Å². The van der Waals surface area contributed by atoms with E-state index in [1.54, 1.807) is 28.6 Å². The minimum Gasteiger partial charge on any atom is -0.330 e. The van der Waals surface area contributed by atoms with E-state index in [1.165, 1.54) is 11.3 Å². The van der Waals surface area contributed by atoms with Crippen LogP contribution in [0.3, 0.4) is 0 Å². The maximum atomic E-state index is 12.7. The van der Waals surface area contributed by atoms with Crippen LogP contribution in [-0.4, -0.2) is 34.3 Å². The summed E-state index contributed by atoms with van der Waals surface area (Å²) in [5.41, 5.74) is 3.01. The fraction of sp³-hybridized carbons (Fsp3) is 0.353. The molecule has 1 aliphatic rings. The van der Waals surface area contributed by atoms with E-state index in [0.29, 0.717) is 28.7 Å². The van der Waals surface area contributed by atoms with Crippen LogP contribution in [0.2, 0.25) is 10.0 Å². The van der Waals surface area contributed by atoms with Crippen LogP contribution >= 0.6 is 34.5 Å². The number of rotatable bonds is 4.